The maximum atomic E-state index is 13.4. The van der Waals surface area contributed by atoms with Gasteiger partial charge in [-0.1, -0.05) is 19.1 Å². The third kappa shape index (κ3) is 3.45. The van der Waals surface area contributed by atoms with Crippen LogP contribution in [-0.4, -0.2) is 42.0 Å². The molecule has 2 N–H and O–H groups in total. The Morgan fingerprint density at radius 3 is 2.58 bits per heavy atom. The second-order valence-electron chi connectivity index (χ2n) is 5.38. The van der Waals surface area contributed by atoms with Crippen LogP contribution < -0.4 is 5.73 Å². The van der Waals surface area contributed by atoms with Crippen LogP contribution in [0.25, 0.3) is 0 Å². The van der Waals surface area contributed by atoms with Crippen molar-refractivity contribution in [2.24, 2.45) is 0 Å². The number of anilines is 1. The van der Waals surface area contributed by atoms with Gasteiger partial charge in [0.25, 0.3) is 0 Å². The molecule has 0 amide bonds. The van der Waals surface area contributed by atoms with Gasteiger partial charge in [0.2, 0.25) is 0 Å². The molecule has 1 heterocycles. The molecule has 3 nitrogen and oxygen atoms in total. The molecule has 0 saturated carbocycles. The molecule has 0 aromatic heterocycles. The summed E-state index contributed by atoms with van der Waals surface area (Å²) in [5.74, 6) is -0.309. The molecule has 1 aliphatic heterocycles. The lowest BCUT2D eigenvalue weighted by Gasteiger charge is -2.38. The number of para-hydroxylation sites is 1. The van der Waals surface area contributed by atoms with Gasteiger partial charge in [0.05, 0.1) is 5.69 Å². The highest BCUT2D eigenvalue weighted by molar-refractivity contribution is 5.47. The van der Waals surface area contributed by atoms with Gasteiger partial charge in [0.1, 0.15) is 5.82 Å². The lowest BCUT2D eigenvalue weighted by atomic mass is 10.1. The molecule has 1 unspecified atom stereocenters. The van der Waals surface area contributed by atoms with Crippen molar-refractivity contribution in [3.8, 4) is 0 Å². The summed E-state index contributed by atoms with van der Waals surface area (Å²) in [7, 11) is 0. The van der Waals surface area contributed by atoms with Gasteiger partial charge in [-0.05, 0) is 25.0 Å². The Hall–Kier alpha value is -1.13. The number of nitrogens with zero attached hydrogens (tertiary/aromatic N) is 2. The van der Waals surface area contributed by atoms with E-state index in [4.69, 9.17) is 5.73 Å². The van der Waals surface area contributed by atoms with E-state index in [1.165, 1.54) is 12.5 Å². The van der Waals surface area contributed by atoms with E-state index >= 15 is 0 Å². The van der Waals surface area contributed by atoms with Crippen molar-refractivity contribution in [2.75, 3.05) is 31.9 Å². The summed E-state index contributed by atoms with van der Waals surface area (Å²) < 4.78 is 13.4. The fourth-order valence-electron chi connectivity index (χ4n) is 2.58. The Morgan fingerprint density at radius 1 is 1.26 bits per heavy atom. The number of hydrogen-bond donors (Lipinski definition) is 1. The third-order valence-electron chi connectivity index (χ3n) is 4.16. The first-order valence-electron chi connectivity index (χ1n) is 7.11. The van der Waals surface area contributed by atoms with Crippen molar-refractivity contribution in [3.05, 3.63) is 29.6 Å². The zero-order valence-corrected chi connectivity index (χ0v) is 11.9. The molecule has 1 fully saturated rings. The van der Waals surface area contributed by atoms with Gasteiger partial charge in [-0.25, -0.2) is 4.39 Å². The zero-order chi connectivity index (χ0) is 13.8. The molecule has 0 aliphatic carbocycles. The highest BCUT2D eigenvalue weighted by atomic mass is 19.1. The first kappa shape index (κ1) is 14.3. The summed E-state index contributed by atoms with van der Waals surface area (Å²) in [6.45, 7) is 9.48. The minimum absolute atomic E-state index is 0.298. The molecule has 0 radical (unpaired) electrons. The Bertz CT molecular complexity index is 414. The second kappa shape index (κ2) is 6.35. The Labute approximate surface area is 115 Å². The standard InChI is InChI=1S/C15H24FN3/c1-3-12(2)19-9-7-18(8-10-19)11-13-5-4-6-14(16)15(13)17/h4-6,12H,3,7-11,17H2,1-2H3. The maximum absolute atomic E-state index is 13.4. The average Bonchev–Trinajstić information content (AvgIpc) is 2.44. The fraction of sp³-hybridized carbons (Fsp3) is 0.600. The fourth-order valence-corrected chi connectivity index (χ4v) is 2.58. The molecule has 1 aromatic carbocycles. The highest BCUT2D eigenvalue weighted by Crippen LogP contribution is 2.19. The van der Waals surface area contributed by atoms with Crippen LogP contribution in [0.5, 0.6) is 0 Å². The average molecular weight is 265 g/mol. The van der Waals surface area contributed by atoms with Gasteiger partial charge in [-0.15, -0.1) is 0 Å². The second-order valence-corrected chi connectivity index (χ2v) is 5.38. The molecule has 0 spiro atoms. The quantitative estimate of drug-likeness (QED) is 0.848. The van der Waals surface area contributed by atoms with Crippen LogP contribution >= 0.6 is 0 Å². The van der Waals surface area contributed by atoms with Crippen LogP contribution in [0.2, 0.25) is 0 Å². The number of nitrogen functional groups attached to an aromatic ring is 1. The third-order valence-corrected chi connectivity index (χ3v) is 4.16. The normalized spacial score (nSPS) is 19.5. The predicted molar refractivity (Wildman–Crippen MR) is 77.4 cm³/mol. The van der Waals surface area contributed by atoms with Gasteiger partial charge in [0, 0.05) is 38.8 Å². The smallest absolute Gasteiger partial charge is 0.146 e. The van der Waals surface area contributed by atoms with Crippen LogP contribution in [0, 0.1) is 5.82 Å². The van der Waals surface area contributed by atoms with E-state index in [0.717, 1.165) is 38.3 Å². The first-order chi connectivity index (χ1) is 9.11. The summed E-state index contributed by atoms with van der Waals surface area (Å²) in [6, 6.07) is 5.72. The lowest BCUT2D eigenvalue weighted by molar-refractivity contribution is 0.0964. The number of nitrogens with two attached hydrogens (primary N) is 1. The predicted octanol–water partition coefficient (Wildman–Crippen LogP) is 2.32. The Balaban J connectivity index is 1.90. The van der Waals surface area contributed by atoms with Crippen molar-refractivity contribution in [1.29, 1.82) is 0 Å². The highest BCUT2D eigenvalue weighted by Gasteiger charge is 2.20. The molecule has 19 heavy (non-hydrogen) atoms. The Morgan fingerprint density at radius 2 is 1.95 bits per heavy atom. The molecule has 1 atom stereocenters. The van der Waals surface area contributed by atoms with E-state index in [-0.39, 0.29) is 5.82 Å². The van der Waals surface area contributed by atoms with E-state index in [9.17, 15) is 4.39 Å². The minimum Gasteiger partial charge on any atom is -0.396 e. The molecular formula is C15H24FN3. The topological polar surface area (TPSA) is 32.5 Å². The first-order valence-corrected chi connectivity index (χ1v) is 7.11. The molecule has 1 aromatic rings. The SMILES string of the molecule is CCC(C)N1CCN(Cc2cccc(F)c2N)CC1. The van der Waals surface area contributed by atoms with Gasteiger partial charge < -0.3 is 5.73 Å². The molecule has 2 rings (SSSR count). The summed E-state index contributed by atoms with van der Waals surface area (Å²) >= 11 is 0. The maximum Gasteiger partial charge on any atom is 0.146 e. The van der Waals surface area contributed by atoms with Crippen molar-refractivity contribution in [2.45, 2.75) is 32.9 Å². The van der Waals surface area contributed by atoms with Crippen molar-refractivity contribution >= 4 is 5.69 Å². The number of halogens is 1. The summed E-state index contributed by atoms with van der Waals surface area (Å²) in [4.78, 5) is 4.87. The summed E-state index contributed by atoms with van der Waals surface area (Å²) in [5.41, 5.74) is 6.98. The molecule has 0 bridgehead atoms. The van der Waals surface area contributed by atoms with Crippen LogP contribution in [-0.2, 0) is 6.54 Å². The number of piperazine rings is 1. The minimum atomic E-state index is -0.309. The zero-order valence-electron chi connectivity index (χ0n) is 11.9. The van der Waals surface area contributed by atoms with E-state index in [2.05, 4.69) is 23.6 Å². The lowest BCUT2D eigenvalue weighted by Crippen LogP contribution is -2.49. The van der Waals surface area contributed by atoms with E-state index < -0.39 is 0 Å². The van der Waals surface area contributed by atoms with Crippen LogP contribution in [0.1, 0.15) is 25.8 Å². The van der Waals surface area contributed by atoms with Crippen molar-refractivity contribution < 1.29 is 4.39 Å². The number of benzene rings is 1. The van der Waals surface area contributed by atoms with Gasteiger partial charge >= 0.3 is 0 Å². The largest absolute Gasteiger partial charge is 0.396 e. The van der Waals surface area contributed by atoms with Crippen LogP contribution in [0.3, 0.4) is 0 Å². The number of rotatable bonds is 4. The molecule has 4 heteroatoms. The molecule has 1 saturated heterocycles. The molecule has 1 aliphatic rings. The molecular weight excluding hydrogens is 241 g/mol. The number of hydrogen-bond acceptors (Lipinski definition) is 3. The summed E-state index contributed by atoms with van der Waals surface area (Å²) in [6.07, 6.45) is 1.19. The van der Waals surface area contributed by atoms with Gasteiger partial charge in [0.15, 0.2) is 0 Å². The van der Waals surface area contributed by atoms with E-state index in [1.807, 2.05) is 6.07 Å². The van der Waals surface area contributed by atoms with Crippen molar-refractivity contribution in [1.82, 2.24) is 9.80 Å². The monoisotopic (exact) mass is 265 g/mol. The summed E-state index contributed by atoms with van der Waals surface area (Å²) in [5, 5.41) is 0. The van der Waals surface area contributed by atoms with E-state index in [0.29, 0.717) is 11.7 Å². The Kier molecular flexibility index (Phi) is 4.77. The van der Waals surface area contributed by atoms with E-state index in [1.54, 1.807) is 6.07 Å². The molecule has 106 valence electrons. The van der Waals surface area contributed by atoms with Gasteiger partial charge in [-0.3, -0.25) is 9.80 Å². The van der Waals surface area contributed by atoms with Crippen LogP contribution in [0.15, 0.2) is 18.2 Å². The van der Waals surface area contributed by atoms with Crippen LogP contribution in [0.4, 0.5) is 10.1 Å². The van der Waals surface area contributed by atoms with Gasteiger partial charge in [-0.2, -0.15) is 0 Å². The van der Waals surface area contributed by atoms with Crippen molar-refractivity contribution in [3.63, 3.8) is 0 Å².